The summed E-state index contributed by atoms with van der Waals surface area (Å²) in [5.74, 6) is 2.22. The molecule has 1 aromatic rings. The van der Waals surface area contributed by atoms with E-state index in [-0.39, 0.29) is 6.10 Å². The molecule has 1 fully saturated rings. The lowest BCUT2D eigenvalue weighted by Gasteiger charge is -2.16. The Hall–Kier alpha value is -1.79. The summed E-state index contributed by atoms with van der Waals surface area (Å²) >= 11 is 0. The Morgan fingerprint density at radius 3 is 2.69 bits per heavy atom. The molecule has 2 N–H and O–H groups in total. The number of hydrogen-bond donors (Lipinski definition) is 2. The molecule has 1 aliphatic rings. The molecular weight excluding hydrogens is 330 g/mol. The van der Waals surface area contributed by atoms with E-state index < -0.39 is 0 Å². The van der Waals surface area contributed by atoms with Gasteiger partial charge in [-0.05, 0) is 42.9 Å². The zero-order valence-corrected chi connectivity index (χ0v) is 16.3. The van der Waals surface area contributed by atoms with Crippen molar-refractivity contribution in [1.82, 2.24) is 10.6 Å². The van der Waals surface area contributed by atoms with Gasteiger partial charge >= 0.3 is 0 Å². The van der Waals surface area contributed by atoms with E-state index in [4.69, 9.17) is 14.2 Å². The Balaban J connectivity index is 1.57. The molecule has 2 atom stereocenters. The molecule has 2 rings (SSSR count). The molecule has 1 saturated heterocycles. The molecule has 0 spiro atoms. The minimum Gasteiger partial charge on any atom is -0.497 e. The Bertz CT molecular complexity index is 528. The highest BCUT2D eigenvalue weighted by Crippen LogP contribution is 2.21. The summed E-state index contributed by atoms with van der Waals surface area (Å²) in [7, 11) is 3.49. The zero-order chi connectivity index (χ0) is 18.6. The number of nitrogens with one attached hydrogen (secondary N) is 2. The highest BCUT2D eigenvalue weighted by molar-refractivity contribution is 5.79. The first-order valence-electron chi connectivity index (χ1n) is 9.50. The van der Waals surface area contributed by atoms with E-state index in [1.165, 1.54) is 5.56 Å². The van der Waals surface area contributed by atoms with E-state index >= 15 is 0 Å². The van der Waals surface area contributed by atoms with Crippen LogP contribution in [-0.2, 0) is 9.47 Å². The Labute approximate surface area is 157 Å². The smallest absolute Gasteiger partial charge is 0.190 e. The van der Waals surface area contributed by atoms with E-state index in [0.29, 0.717) is 5.92 Å². The number of benzene rings is 1. The molecule has 0 aromatic heterocycles. The van der Waals surface area contributed by atoms with Crippen LogP contribution >= 0.6 is 0 Å². The second kappa shape index (κ2) is 11.8. The Kier molecular flexibility index (Phi) is 9.28. The van der Waals surface area contributed by atoms with Crippen molar-refractivity contribution < 1.29 is 14.2 Å². The lowest BCUT2D eigenvalue weighted by atomic mass is 9.98. The molecular formula is C20H33N3O3. The quantitative estimate of drug-likeness (QED) is 0.380. The van der Waals surface area contributed by atoms with Crippen molar-refractivity contribution in [3.05, 3.63) is 29.8 Å². The molecule has 0 amide bonds. The van der Waals surface area contributed by atoms with Gasteiger partial charge in [0, 0.05) is 33.4 Å². The van der Waals surface area contributed by atoms with Gasteiger partial charge in [0.1, 0.15) is 5.75 Å². The van der Waals surface area contributed by atoms with Gasteiger partial charge < -0.3 is 24.8 Å². The van der Waals surface area contributed by atoms with E-state index in [1.807, 2.05) is 12.1 Å². The molecule has 2 unspecified atom stereocenters. The Morgan fingerprint density at radius 1 is 1.27 bits per heavy atom. The van der Waals surface area contributed by atoms with Crippen LogP contribution in [-0.4, -0.2) is 59.1 Å². The number of methoxy groups -OCH3 is 1. The fraction of sp³-hybridized carbons (Fsp3) is 0.650. The molecule has 6 heteroatoms. The number of hydrogen-bond acceptors (Lipinski definition) is 4. The monoisotopic (exact) mass is 363 g/mol. The lowest BCUT2D eigenvalue weighted by molar-refractivity contribution is 0.0420. The number of rotatable bonds is 10. The minimum atomic E-state index is 0.284. The van der Waals surface area contributed by atoms with Gasteiger partial charge in [-0.1, -0.05) is 19.1 Å². The van der Waals surface area contributed by atoms with E-state index in [1.54, 1.807) is 14.2 Å². The summed E-state index contributed by atoms with van der Waals surface area (Å²) in [6, 6.07) is 8.29. The summed E-state index contributed by atoms with van der Waals surface area (Å²) in [4.78, 5) is 4.27. The average molecular weight is 364 g/mol. The van der Waals surface area contributed by atoms with Crippen LogP contribution in [0.1, 0.15) is 37.7 Å². The van der Waals surface area contributed by atoms with Crippen LogP contribution in [0.15, 0.2) is 29.3 Å². The first-order chi connectivity index (χ1) is 12.7. The van der Waals surface area contributed by atoms with Crippen molar-refractivity contribution in [3.8, 4) is 5.75 Å². The summed E-state index contributed by atoms with van der Waals surface area (Å²) in [6.45, 7) is 6.29. The molecule has 0 aliphatic carbocycles. The molecule has 0 bridgehead atoms. The first kappa shape index (κ1) is 20.5. The van der Waals surface area contributed by atoms with Crippen LogP contribution in [0, 0.1) is 0 Å². The molecule has 0 saturated carbocycles. The van der Waals surface area contributed by atoms with E-state index in [2.05, 4.69) is 34.7 Å². The van der Waals surface area contributed by atoms with Crippen LogP contribution in [0.4, 0.5) is 0 Å². The molecule has 0 radical (unpaired) electrons. The van der Waals surface area contributed by atoms with Crippen LogP contribution in [0.2, 0.25) is 0 Å². The van der Waals surface area contributed by atoms with Crippen molar-refractivity contribution in [1.29, 1.82) is 0 Å². The molecule has 1 aromatic carbocycles. The van der Waals surface area contributed by atoms with Gasteiger partial charge in [-0.2, -0.15) is 0 Å². The third kappa shape index (κ3) is 7.22. The minimum absolute atomic E-state index is 0.284. The molecule has 1 heterocycles. The third-order valence-electron chi connectivity index (χ3n) is 4.63. The van der Waals surface area contributed by atoms with E-state index in [9.17, 15) is 0 Å². The topological polar surface area (TPSA) is 64.1 Å². The highest BCUT2D eigenvalue weighted by Gasteiger charge is 2.15. The van der Waals surface area contributed by atoms with Crippen molar-refractivity contribution in [2.75, 3.05) is 47.1 Å². The van der Waals surface area contributed by atoms with Gasteiger partial charge in [-0.25, -0.2) is 0 Å². The molecule has 6 nitrogen and oxygen atoms in total. The van der Waals surface area contributed by atoms with Crippen molar-refractivity contribution in [2.24, 2.45) is 4.99 Å². The normalized spacial score (nSPS) is 18.6. The maximum Gasteiger partial charge on any atom is 0.190 e. The molecule has 146 valence electrons. The van der Waals surface area contributed by atoms with Crippen LogP contribution in [0.5, 0.6) is 5.75 Å². The van der Waals surface area contributed by atoms with Crippen LogP contribution in [0.3, 0.4) is 0 Å². The fourth-order valence-electron chi connectivity index (χ4n) is 2.90. The second-order valence-electron chi connectivity index (χ2n) is 6.60. The van der Waals surface area contributed by atoms with Gasteiger partial charge in [0.25, 0.3) is 0 Å². The van der Waals surface area contributed by atoms with Crippen molar-refractivity contribution in [2.45, 2.75) is 38.2 Å². The predicted molar refractivity (Wildman–Crippen MR) is 105 cm³/mol. The number of aliphatic imine (C=N–C) groups is 1. The standard InChI is InChI=1S/C20H33N3O3/c1-16(17-5-7-18(24-3)8-6-17)9-12-23-20(21-2)22-11-4-13-26-19-10-14-25-15-19/h5-8,16,19H,4,9-15H2,1-3H3,(H2,21,22,23). The summed E-state index contributed by atoms with van der Waals surface area (Å²) in [5.41, 5.74) is 1.32. The van der Waals surface area contributed by atoms with Gasteiger partial charge in [-0.3, -0.25) is 4.99 Å². The summed E-state index contributed by atoms with van der Waals surface area (Å²) in [5, 5.41) is 6.71. The SMILES string of the molecule is CN=C(NCCCOC1CCOC1)NCCC(C)c1ccc(OC)cc1. The maximum atomic E-state index is 5.76. The largest absolute Gasteiger partial charge is 0.497 e. The molecule has 26 heavy (non-hydrogen) atoms. The van der Waals surface area contributed by atoms with E-state index in [0.717, 1.165) is 63.9 Å². The fourth-order valence-corrected chi connectivity index (χ4v) is 2.90. The van der Waals surface area contributed by atoms with Gasteiger partial charge in [0.15, 0.2) is 5.96 Å². The highest BCUT2D eigenvalue weighted by atomic mass is 16.5. The summed E-state index contributed by atoms with van der Waals surface area (Å²) in [6.07, 6.45) is 3.30. The summed E-state index contributed by atoms with van der Waals surface area (Å²) < 4.78 is 16.3. The van der Waals surface area contributed by atoms with Gasteiger partial charge in [0.2, 0.25) is 0 Å². The molecule has 1 aliphatic heterocycles. The van der Waals surface area contributed by atoms with Crippen LogP contribution in [0.25, 0.3) is 0 Å². The second-order valence-corrected chi connectivity index (χ2v) is 6.60. The Morgan fingerprint density at radius 2 is 2.04 bits per heavy atom. The van der Waals surface area contributed by atoms with Crippen LogP contribution < -0.4 is 15.4 Å². The number of guanidine groups is 1. The predicted octanol–water partition coefficient (Wildman–Crippen LogP) is 2.55. The maximum absolute atomic E-state index is 5.76. The first-order valence-corrected chi connectivity index (χ1v) is 9.50. The van der Waals surface area contributed by atoms with Crippen molar-refractivity contribution in [3.63, 3.8) is 0 Å². The van der Waals surface area contributed by atoms with Gasteiger partial charge in [-0.15, -0.1) is 0 Å². The van der Waals surface area contributed by atoms with Gasteiger partial charge in [0.05, 0.1) is 19.8 Å². The zero-order valence-electron chi connectivity index (χ0n) is 16.3. The lowest BCUT2D eigenvalue weighted by Crippen LogP contribution is -2.38. The number of nitrogens with zero attached hydrogens (tertiary/aromatic N) is 1. The van der Waals surface area contributed by atoms with Crippen molar-refractivity contribution >= 4 is 5.96 Å². The number of ether oxygens (including phenoxy) is 3. The average Bonchev–Trinajstić information content (AvgIpc) is 3.19. The third-order valence-corrected chi connectivity index (χ3v) is 4.63.